The molecule has 3 heteroatoms. The smallest absolute Gasteiger partial charge is 0.0734 e. The highest BCUT2D eigenvalue weighted by Crippen LogP contribution is 2.25. The lowest BCUT2D eigenvalue weighted by Crippen LogP contribution is -2.41. The van der Waals surface area contributed by atoms with Crippen LogP contribution in [0.3, 0.4) is 0 Å². The molecule has 1 atom stereocenters. The van der Waals surface area contributed by atoms with Crippen LogP contribution in [-0.4, -0.2) is 36.2 Å². The van der Waals surface area contributed by atoms with Crippen LogP contribution in [0.15, 0.2) is 30.5 Å². The topological polar surface area (TPSA) is 25.4 Å². The first kappa shape index (κ1) is 14.5. The van der Waals surface area contributed by atoms with Gasteiger partial charge in [0.2, 0.25) is 0 Å². The molecule has 0 aliphatic carbocycles. The molecule has 1 saturated heterocycles. The van der Waals surface area contributed by atoms with Crippen LogP contribution in [0.4, 0.5) is 0 Å². The molecule has 1 aliphatic heterocycles. The van der Waals surface area contributed by atoms with Crippen molar-refractivity contribution in [3.63, 3.8) is 0 Å². The molecule has 1 aliphatic rings. The summed E-state index contributed by atoms with van der Waals surface area (Å²) in [4.78, 5) is 7.12. The lowest BCUT2D eigenvalue weighted by molar-refractivity contribution is 0.0603. The van der Waals surface area contributed by atoms with E-state index in [2.05, 4.69) is 35.0 Å². The number of aromatic nitrogens is 1. The predicted molar refractivity (Wildman–Crippen MR) is 86.4 cm³/mol. The summed E-state index contributed by atoms with van der Waals surface area (Å²) in [5.74, 6) is 0. The third kappa shape index (κ3) is 3.09. The van der Waals surface area contributed by atoms with Gasteiger partial charge in [0, 0.05) is 31.3 Å². The van der Waals surface area contributed by atoms with Crippen molar-refractivity contribution in [2.24, 2.45) is 0 Å². The standard InChI is InChI=1S/C18H24N2O/c1-14-8-9-15(17-7-5-10-19-18(14)17)12-20-11-4-3-6-16(20)13-21-2/h5,7-10,16H,3-4,6,11-13H2,1-2H3/t16-/m0/s1. The van der Waals surface area contributed by atoms with Gasteiger partial charge in [-0.05, 0) is 43.5 Å². The fourth-order valence-corrected chi connectivity index (χ4v) is 3.38. The lowest BCUT2D eigenvalue weighted by Gasteiger charge is -2.35. The van der Waals surface area contributed by atoms with Crippen molar-refractivity contribution >= 4 is 10.9 Å². The van der Waals surface area contributed by atoms with Crippen molar-refractivity contribution in [2.75, 3.05) is 20.3 Å². The third-order valence-electron chi connectivity index (χ3n) is 4.54. The Morgan fingerprint density at radius 1 is 1.29 bits per heavy atom. The molecule has 0 saturated carbocycles. The number of hydrogen-bond donors (Lipinski definition) is 0. The van der Waals surface area contributed by atoms with Crippen LogP contribution >= 0.6 is 0 Å². The summed E-state index contributed by atoms with van der Waals surface area (Å²) in [6.45, 7) is 5.13. The van der Waals surface area contributed by atoms with E-state index in [0.29, 0.717) is 6.04 Å². The molecule has 0 N–H and O–H groups in total. The Bertz CT molecular complexity index is 609. The third-order valence-corrected chi connectivity index (χ3v) is 4.54. The second-order valence-electron chi connectivity index (χ2n) is 6.02. The molecule has 112 valence electrons. The number of ether oxygens (including phenoxy) is 1. The monoisotopic (exact) mass is 284 g/mol. The largest absolute Gasteiger partial charge is 0.383 e. The zero-order valence-corrected chi connectivity index (χ0v) is 13.0. The van der Waals surface area contributed by atoms with Gasteiger partial charge in [-0.1, -0.05) is 24.6 Å². The van der Waals surface area contributed by atoms with Gasteiger partial charge in [-0.3, -0.25) is 9.88 Å². The second kappa shape index (κ2) is 6.54. The molecule has 3 nitrogen and oxygen atoms in total. The minimum atomic E-state index is 0.553. The predicted octanol–water partition coefficient (Wildman–Crippen LogP) is 3.54. The van der Waals surface area contributed by atoms with Gasteiger partial charge in [0.15, 0.2) is 0 Å². The molecule has 2 aromatic rings. The summed E-state index contributed by atoms with van der Waals surface area (Å²) in [5.41, 5.74) is 3.77. The number of methoxy groups -OCH3 is 1. The molecule has 2 heterocycles. The minimum Gasteiger partial charge on any atom is -0.383 e. The Balaban J connectivity index is 1.88. The van der Waals surface area contributed by atoms with E-state index in [4.69, 9.17) is 4.74 Å². The number of piperidine rings is 1. The molecule has 1 aromatic heterocycles. The molecule has 21 heavy (non-hydrogen) atoms. The average molecular weight is 284 g/mol. The van der Waals surface area contributed by atoms with E-state index in [1.807, 2.05) is 12.3 Å². The summed E-state index contributed by atoms with van der Waals surface area (Å²) in [5, 5.41) is 1.29. The molecule has 3 rings (SSSR count). The first-order chi connectivity index (χ1) is 10.3. The lowest BCUT2D eigenvalue weighted by atomic mass is 9.99. The fraction of sp³-hybridized carbons (Fsp3) is 0.500. The first-order valence-electron chi connectivity index (χ1n) is 7.86. The van der Waals surface area contributed by atoms with Crippen LogP contribution in [0.1, 0.15) is 30.4 Å². The Morgan fingerprint density at radius 2 is 2.19 bits per heavy atom. The van der Waals surface area contributed by atoms with E-state index in [9.17, 15) is 0 Å². The number of hydrogen-bond acceptors (Lipinski definition) is 3. The number of nitrogens with zero attached hydrogens (tertiary/aromatic N) is 2. The van der Waals surface area contributed by atoms with Crippen LogP contribution in [0.5, 0.6) is 0 Å². The SMILES string of the molecule is COC[C@@H]1CCCCN1Cc1ccc(C)c2ncccc12. The highest BCUT2D eigenvalue weighted by molar-refractivity contribution is 5.84. The van der Waals surface area contributed by atoms with Crippen LogP contribution in [-0.2, 0) is 11.3 Å². The number of aryl methyl sites for hydroxylation is 1. The van der Waals surface area contributed by atoms with Crippen molar-refractivity contribution in [1.29, 1.82) is 0 Å². The molecule has 0 radical (unpaired) electrons. The number of likely N-dealkylation sites (tertiary alicyclic amines) is 1. The molecular formula is C18H24N2O. The summed E-state index contributed by atoms with van der Waals surface area (Å²) >= 11 is 0. The maximum atomic E-state index is 5.40. The van der Waals surface area contributed by atoms with Crippen LogP contribution in [0, 0.1) is 6.92 Å². The molecule has 0 unspecified atom stereocenters. The summed E-state index contributed by atoms with van der Waals surface area (Å²) in [7, 11) is 1.80. The van der Waals surface area contributed by atoms with E-state index in [1.54, 1.807) is 7.11 Å². The summed E-state index contributed by atoms with van der Waals surface area (Å²) in [6, 6.07) is 9.24. The van der Waals surface area contributed by atoms with Crippen LogP contribution in [0.2, 0.25) is 0 Å². The van der Waals surface area contributed by atoms with Crippen molar-refractivity contribution < 1.29 is 4.74 Å². The number of benzene rings is 1. The van der Waals surface area contributed by atoms with Gasteiger partial charge in [0.25, 0.3) is 0 Å². The average Bonchev–Trinajstić information content (AvgIpc) is 2.52. The molecule has 1 fully saturated rings. The summed E-state index contributed by atoms with van der Waals surface area (Å²) < 4.78 is 5.40. The van der Waals surface area contributed by atoms with E-state index in [1.165, 1.54) is 42.3 Å². The van der Waals surface area contributed by atoms with Gasteiger partial charge in [0.05, 0.1) is 12.1 Å². The van der Waals surface area contributed by atoms with Crippen molar-refractivity contribution in [1.82, 2.24) is 9.88 Å². The second-order valence-corrected chi connectivity index (χ2v) is 6.02. The van der Waals surface area contributed by atoms with Crippen LogP contribution in [0.25, 0.3) is 10.9 Å². The Hall–Kier alpha value is -1.45. The molecule has 0 spiro atoms. The normalized spacial score (nSPS) is 20.0. The minimum absolute atomic E-state index is 0.553. The van der Waals surface area contributed by atoms with Crippen molar-refractivity contribution in [2.45, 2.75) is 38.8 Å². The van der Waals surface area contributed by atoms with Gasteiger partial charge in [-0.15, -0.1) is 0 Å². The quantitative estimate of drug-likeness (QED) is 0.858. The molecular weight excluding hydrogens is 260 g/mol. The number of pyridine rings is 1. The van der Waals surface area contributed by atoms with Crippen LogP contribution < -0.4 is 0 Å². The molecule has 0 amide bonds. The maximum Gasteiger partial charge on any atom is 0.0734 e. The van der Waals surface area contributed by atoms with E-state index in [-0.39, 0.29) is 0 Å². The van der Waals surface area contributed by atoms with Crippen molar-refractivity contribution in [3.8, 4) is 0 Å². The summed E-state index contributed by atoms with van der Waals surface area (Å²) in [6.07, 6.45) is 5.74. The van der Waals surface area contributed by atoms with Gasteiger partial charge >= 0.3 is 0 Å². The molecule has 1 aromatic carbocycles. The van der Waals surface area contributed by atoms with E-state index < -0.39 is 0 Å². The van der Waals surface area contributed by atoms with Gasteiger partial charge in [-0.2, -0.15) is 0 Å². The van der Waals surface area contributed by atoms with Gasteiger partial charge in [-0.25, -0.2) is 0 Å². The van der Waals surface area contributed by atoms with Gasteiger partial charge in [0.1, 0.15) is 0 Å². The highest BCUT2D eigenvalue weighted by atomic mass is 16.5. The zero-order chi connectivity index (χ0) is 14.7. The Kier molecular flexibility index (Phi) is 4.51. The van der Waals surface area contributed by atoms with Crippen molar-refractivity contribution in [3.05, 3.63) is 41.6 Å². The zero-order valence-electron chi connectivity index (χ0n) is 13.0. The molecule has 0 bridgehead atoms. The Labute approximate surface area is 126 Å². The maximum absolute atomic E-state index is 5.40. The van der Waals surface area contributed by atoms with Gasteiger partial charge < -0.3 is 4.74 Å². The van der Waals surface area contributed by atoms with E-state index in [0.717, 1.165) is 18.7 Å². The first-order valence-corrected chi connectivity index (χ1v) is 7.86. The van der Waals surface area contributed by atoms with E-state index >= 15 is 0 Å². The number of rotatable bonds is 4. The fourth-order valence-electron chi connectivity index (χ4n) is 3.38. The number of fused-ring (bicyclic) bond motifs is 1. The highest BCUT2D eigenvalue weighted by Gasteiger charge is 2.22. The Morgan fingerprint density at radius 3 is 3.05 bits per heavy atom.